The van der Waals surface area contributed by atoms with Gasteiger partial charge in [0, 0.05) is 0 Å². The summed E-state index contributed by atoms with van der Waals surface area (Å²) < 4.78 is 2.91. The summed E-state index contributed by atoms with van der Waals surface area (Å²) in [4.78, 5) is 11.2. The maximum atomic E-state index is 11.2. The van der Waals surface area contributed by atoms with E-state index < -0.39 is 11.5 Å². The molecule has 100 valence electrons. The number of carboxylic acid groups (broad SMARTS) is 1. The van der Waals surface area contributed by atoms with Gasteiger partial charge in [0.15, 0.2) is 0 Å². The van der Waals surface area contributed by atoms with Crippen molar-refractivity contribution in [2.45, 2.75) is 51.1 Å². The molecular formula is C12H18BrN3O2. The molecule has 0 aromatic carbocycles. The second-order valence-electron chi connectivity index (χ2n) is 5.14. The number of aryl methyl sites for hydroxylation is 1. The molecule has 2 atom stereocenters. The zero-order chi connectivity index (χ0) is 13.5. The van der Waals surface area contributed by atoms with Crippen molar-refractivity contribution < 1.29 is 9.90 Å². The molecule has 0 aliphatic heterocycles. The zero-order valence-corrected chi connectivity index (χ0v) is 12.2. The van der Waals surface area contributed by atoms with Gasteiger partial charge >= 0.3 is 5.97 Å². The molecule has 3 N–H and O–H groups in total. The van der Waals surface area contributed by atoms with Crippen molar-refractivity contribution in [3.8, 4) is 0 Å². The van der Waals surface area contributed by atoms with Crippen LogP contribution in [0.3, 0.4) is 0 Å². The monoisotopic (exact) mass is 315 g/mol. The maximum Gasteiger partial charge on any atom is 0.323 e. The van der Waals surface area contributed by atoms with Gasteiger partial charge in [-0.05, 0) is 55.5 Å². The van der Waals surface area contributed by atoms with Gasteiger partial charge in [0.05, 0.1) is 21.9 Å². The van der Waals surface area contributed by atoms with Crippen LogP contribution in [0.5, 0.6) is 0 Å². The van der Waals surface area contributed by atoms with Crippen molar-refractivity contribution in [1.82, 2.24) is 9.78 Å². The number of halogens is 1. The van der Waals surface area contributed by atoms with Gasteiger partial charge in [-0.1, -0.05) is 0 Å². The highest BCUT2D eigenvalue weighted by atomic mass is 79.9. The zero-order valence-electron chi connectivity index (χ0n) is 10.6. The minimum Gasteiger partial charge on any atom is -0.480 e. The van der Waals surface area contributed by atoms with E-state index in [1.807, 2.05) is 18.5 Å². The molecule has 0 saturated heterocycles. The largest absolute Gasteiger partial charge is 0.480 e. The third kappa shape index (κ3) is 2.19. The number of hydrogen-bond acceptors (Lipinski definition) is 3. The molecule has 5 nitrogen and oxygen atoms in total. The molecule has 0 radical (unpaired) electrons. The van der Waals surface area contributed by atoms with Gasteiger partial charge in [0.25, 0.3) is 0 Å². The smallest absolute Gasteiger partial charge is 0.323 e. The van der Waals surface area contributed by atoms with Crippen LogP contribution in [0, 0.1) is 13.8 Å². The number of nitrogens with zero attached hydrogens (tertiary/aromatic N) is 2. The molecule has 2 rings (SSSR count). The lowest BCUT2D eigenvalue weighted by Crippen LogP contribution is -2.51. The Morgan fingerprint density at radius 1 is 1.61 bits per heavy atom. The van der Waals surface area contributed by atoms with Crippen LogP contribution in [0.4, 0.5) is 0 Å². The highest BCUT2D eigenvalue weighted by Gasteiger charge is 2.40. The molecule has 6 heteroatoms. The Bertz CT molecular complexity index is 486. The topological polar surface area (TPSA) is 81.1 Å². The van der Waals surface area contributed by atoms with Gasteiger partial charge in [-0.2, -0.15) is 5.10 Å². The van der Waals surface area contributed by atoms with E-state index in [0.717, 1.165) is 28.7 Å². The summed E-state index contributed by atoms with van der Waals surface area (Å²) in [6.45, 7) is 3.92. The molecule has 0 spiro atoms. The molecule has 1 aliphatic rings. The van der Waals surface area contributed by atoms with Crippen molar-refractivity contribution in [2.75, 3.05) is 0 Å². The van der Waals surface area contributed by atoms with Crippen LogP contribution >= 0.6 is 15.9 Å². The normalized spacial score (nSPS) is 28.3. The van der Waals surface area contributed by atoms with Crippen molar-refractivity contribution in [3.05, 3.63) is 15.9 Å². The quantitative estimate of drug-likeness (QED) is 0.876. The second-order valence-corrected chi connectivity index (χ2v) is 5.93. The third-order valence-electron chi connectivity index (χ3n) is 3.77. The van der Waals surface area contributed by atoms with Crippen LogP contribution < -0.4 is 5.73 Å². The molecule has 1 fully saturated rings. The Morgan fingerprint density at radius 3 is 2.78 bits per heavy atom. The maximum absolute atomic E-state index is 11.2. The van der Waals surface area contributed by atoms with Crippen LogP contribution in [0.25, 0.3) is 0 Å². The SMILES string of the molecule is Cc1nn(C2CCCC(N)(C(=O)O)C2)c(C)c1Br. The average molecular weight is 316 g/mol. The van der Waals surface area contributed by atoms with Crippen LogP contribution in [-0.4, -0.2) is 26.4 Å². The molecule has 1 aliphatic carbocycles. The lowest BCUT2D eigenvalue weighted by molar-refractivity contribution is -0.145. The number of hydrogen-bond donors (Lipinski definition) is 2. The van der Waals surface area contributed by atoms with Gasteiger partial charge in [0.1, 0.15) is 5.54 Å². The fraction of sp³-hybridized carbons (Fsp3) is 0.667. The fourth-order valence-electron chi connectivity index (χ4n) is 2.68. The molecule has 0 bridgehead atoms. The summed E-state index contributed by atoms with van der Waals surface area (Å²) in [7, 11) is 0. The number of aliphatic carboxylic acids is 1. The van der Waals surface area contributed by atoms with Gasteiger partial charge in [-0.25, -0.2) is 0 Å². The van der Waals surface area contributed by atoms with Crippen molar-refractivity contribution in [1.29, 1.82) is 0 Å². The highest BCUT2D eigenvalue weighted by Crippen LogP contribution is 2.36. The van der Waals surface area contributed by atoms with E-state index in [1.165, 1.54) is 0 Å². The third-order valence-corrected chi connectivity index (χ3v) is 4.92. The van der Waals surface area contributed by atoms with Crippen molar-refractivity contribution >= 4 is 21.9 Å². The van der Waals surface area contributed by atoms with Gasteiger partial charge in [-0.15, -0.1) is 0 Å². The summed E-state index contributed by atoms with van der Waals surface area (Å²) in [5.41, 5.74) is 6.82. The van der Waals surface area contributed by atoms with E-state index in [2.05, 4.69) is 21.0 Å². The highest BCUT2D eigenvalue weighted by molar-refractivity contribution is 9.10. The van der Waals surface area contributed by atoms with Crippen molar-refractivity contribution in [3.63, 3.8) is 0 Å². The lowest BCUT2D eigenvalue weighted by atomic mass is 9.80. The molecule has 0 amide bonds. The number of rotatable bonds is 2. The first kappa shape index (κ1) is 13.5. The summed E-state index contributed by atoms with van der Waals surface area (Å²) >= 11 is 3.49. The minimum atomic E-state index is -1.11. The number of carbonyl (C=O) groups is 1. The average Bonchev–Trinajstić information content (AvgIpc) is 2.57. The Kier molecular flexibility index (Phi) is 3.51. The van der Waals surface area contributed by atoms with Gasteiger partial charge in [0.2, 0.25) is 0 Å². The summed E-state index contributed by atoms with van der Waals surface area (Å²) in [6, 6.07) is 0.0739. The molecule has 1 aromatic rings. The number of carboxylic acids is 1. The predicted octanol–water partition coefficient (Wildman–Crippen LogP) is 2.16. The van der Waals surface area contributed by atoms with Gasteiger partial charge < -0.3 is 10.8 Å². The van der Waals surface area contributed by atoms with Gasteiger partial charge in [-0.3, -0.25) is 9.48 Å². The second kappa shape index (κ2) is 4.66. The Balaban J connectivity index is 2.29. The Morgan fingerprint density at radius 2 is 2.28 bits per heavy atom. The lowest BCUT2D eigenvalue weighted by Gasteiger charge is -2.35. The van der Waals surface area contributed by atoms with Crippen LogP contribution in [0.1, 0.15) is 43.1 Å². The van der Waals surface area contributed by atoms with E-state index in [-0.39, 0.29) is 6.04 Å². The van der Waals surface area contributed by atoms with E-state index in [9.17, 15) is 9.90 Å². The molecule has 1 aromatic heterocycles. The van der Waals surface area contributed by atoms with E-state index in [1.54, 1.807) is 0 Å². The summed E-state index contributed by atoms with van der Waals surface area (Å²) in [5, 5.41) is 13.7. The Labute approximate surface area is 114 Å². The molecular weight excluding hydrogens is 298 g/mol. The first-order valence-corrected chi connectivity index (χ1v) is 6.88. The first-order chi connectivity index (χ1) is 8.35. The Hall–Kier alpha value is -0.880. The van der Waals surface area contributed by atoms with Crippen molar-refractivity contribution in [2.24, 2.45) is 5.73 Å². The van der Waals surface area contributed by atoms with Crippen LogP contribution in [-0.2, 0) is 4.79 Å². The molecule has 18 heavy (non-hydrogen) atoms. The molecule has 1 saturated carbocycles. The summed E-state index contributed by atoms with van der Waals surface area (Å²) in [6.07, 6.45) is 2.74. The van der Waals surface area contributed by atoms with Crippen LogP contribution in [0.15, 0.2) is 4.47 Å². The standard InChI is InChI=1S/C12H18BrN3O2/c1-7-10(13)8(2)16(15-7)9-4-3-5-12(14,6-9)11(17)18/h9H,3-6,14H2,1-2H3,(H,17,18). The molecule has 2 unspecified atom stereocenters. The predicted molar refractivity (Wildman–Crippen MR) is 71.5 cm³/mol. The van der Waals surface area contributed by atoms with E-state index in [0.29, 0.717) is 12.8 Å². The van der Waals surface area contributed by atoms with E-state index in [4.69, 9.17) is 5.73 Å². The first-order valence-electron chi connectivity index (χ1n) is 6.08. The minimum absolute atomic E-state index is 0.0739. The number of nitrogens with two attached hydrogens (primary N) is 1. The number of aromatic nitrogens is 2. The van der Waals surface area contributed by atoms with E-state index >= 15 is 0 Å². The van der Waals surface area contributed by atoms with Crippen LogP contribution in [0.2, 0.25) is 0 Å². The molecule has 1 heterocycles. The fourth-order valence-corrected chi connectivity index (χ4v) is 2.94. The summed E-state index contributed by atoms with van der Waals surface area (Å²) in [5.74, 6) is -0.909.